The highest BCUT2D eigenvalue weighted by Crippen LogP contribution is 2.30. The molecular weight excluding hydrogens is 432 g/mol. The summed E-state index contributed by atoms with van der Waals surface area (Å²) in [5.74, 6) is 1.10. The lowest BCUT2D eigenvalue weighted by Gasteiger charge is -2.26. The molecule has 178 valence electrons. The van der Waals surface area contributed by atoms with Crippen molar-refractivity contribution in [2.45, 2.75) is 51.9 Å². The van der Waals surface area contributed by atoms with E-state index in [-0.39, 0.29) is 0 Å². The summed E-state index contributed by atoms with van der Waals surface area (Å²) >= 11 is 0. The van der Waals surface area contributed by atoms with Crippen LogP contribution in [-0.4, -0.2) is 54.6 Å². The Kier molecular flexibility index (Phi) is 7.39. The van der Waals surface area contributed by atoms with Gasteiger partial charge in [-0.05, 0) is 28.5 Å². The van der Waals surface area contributed by atoms with Crippen LogP contribution in [0.15, 0.2) is 42.6 Å². The van der Waals surface area contributed by atoms with Gasteiger partial charge in [0.05, 0.1) is 12.2 Å². The van der Waals surface area contributed by atoms with E-state index in [1.54, 1.807) is 14.2 Å². The SMILES string of the molecule is CCCCc1nc(C(CC)(OC)OC)nn1Cc1ccc(-c2ccccc2-c2nnn[nH]2)cn1. The molecule has 0 bridgehead atoms. The smallest absolute Gasteiger partial charge is 0.231 e. The highest BCUT2D eigenvalue weighted by Gasteiger charge is 2.35. The van der Waals surface area contributed by atoms with Gasteiger partial charge in [-0.2, -0.15) is 0 Å². The number of hydrogen-bond acceptors (Lipinski definition) is 8. The van der Waals surface area contributed by atoms with Crippen molar-refractivity contribution in [1.29, 1.82) is 0 Å². The number of pyridine rings is 1. The van der Waals surface area contributed by atoms with E-state index < -0.39 is 5.79 Å². The number of H-pyrrole nitrogens is 1. The first-order chi connectivity index (χ1) is 16.6. The van der Waals surface area contributed by atoms with E-state index in [2.05, 4.69) is 33.6 Å². The topological polar surface area (TPSA) is 117 Å². The lowest BCUT2D eigenvalue weighted by molar-refractivity contribution is -0.222. The molecule has 0 fully saturated rings. The molecule has 0 saturated carbocycles. The van der Waals surface area contributed by atoms with Crippen LogP contribution in [0.4, 0.5) is 0 Å². The van der Waals surface area contributed by atoms with Crippen LogP contribution in [0.1, 0.15) is 50.5 Å². The van der Waals surface area contributed by atoms with Crippen molar-refractivity contribution in [3.05, 3.63) is 59.9 Å². The van der Waals surface area contributed by atoms with Crippen molar-refractivity contribution >= 4 is 0 Å². The first-order valence-electron chi connectivity index (χ1n) is 11.5. The second-order valence-corrected chi connectivity index (χ2v) is 7.96. The molecule has 1 N–H and O–H groups in total. The standard InChI is InChI=1S/C24H30N8O2/c1-5-7-12-21-26-23(24(6-2,33-3)34-4)29-32(21)16-18-14-13-17(15-25-18)19-10-8-9-11-20(19)22-27-30-31-28-22/h8-11,13-15H,5-7,12,16H2,1-4H3,(H,27,28,30,31). The van der Waals surface area contributed by atoms with Gasteiger partial charge in [-0.1, -0.05) is 50.6 Å². The van der Waals surface area contributed by atoms with Gasteiger partial charge in [-0.3, -0.25) is 4.98 Å². The Labute approximate surface area is 198 Å². The number of unbranched alkanes of at least 4 members (excludes halogenated alkanes) is 1. The zero-order valence-electron chi connectivity index (χ0n) is 20.0. The van der Waals surface area contributed by atoms with E-state index in [0.29, 0.717) is 24.6 Å². The molecule has 1 aromatic carbocycles. The predicted molar refractivity (Wildman–Crippen MR) is 127 cm³/mol. The summed E-state index contributed by atoms with van der Waals surface area (Å²) in [7, 11) is 3.23. The first kappa shape index (κ1) is 23.7. The fourth-order valence-electron chi connectivity index (χ4n) is 3.94. The molecule has 34 heavy (non-hydrogen) atoms. The maximum Gasteiger partial charge on any atom is 0.231 e. The number of rotatable bonds is 11. The number of aryl methyl sites for hydroxylation is 1. The Morgan fingerprint density at radius 3 is 2.44 bits per heavy atom. The monoisotopic (exact) mass is 462 g/mol. The molecule has 10 heteroatoms. The normalized spacial score (nSPS) is 11.8. The second kappa shape index (κ2) is 10.6. The van der Waals surface area contributed by atoms with Crippen LogP contribution < -0.4 is 0 Å². The maximum absolute atomic E-state index is 5.66. The van der Waals surface area contributed by atoms with Crippen LogP contribution in [0.2, 0.25) is 0 Å². The Balaban J connectivity index is 1.62. The van der Waals surface area contributed by atoms with Gasteiger partial charge in [0.25, 0.3) is 0 Å². The van der Waals surface area contributed by atoms with Gasteiger partial charge in [-0.25, -0.2) is 14.8 Å². The molecule has 0 spiro atoms. The summed E-state index contributed by atoms with van der Waals surface area (Å²) in [5.41, 5.74) is 3.78. The summed E-state index contributed by atoms with van der Waals surface area (Å²) < 4.78 is 13.2. The number of aromatic nitrogens is 8. The number of aromatic amines is 1. The van der Waals surface area contributed by atoms with Gasteiger partial charge in [-0.15, -0.1) is 10.2 Å². The van der Waals surface area contributed by atoms with Crippen molar-refractivity contribution < 1.29 is 9.47 Å². The van der Waals surface area contributed by atoms with E-state index in [1.165, 1.54) is 0 Å². The van der Waals surface area contributed by atoms with Gasteiger partial charge in [0.15, 0.2) is 5.82 Å². The third kappa shape index (κ3) is 4.73. The summed E-state index contributed by atoms with van der Waals surface area (Å²) in [4.78, 5) is 9.50. The molecule has 0 saturated heterocycles. The van der Waals surface area contributed by atoms with Crippen molar-refractivity contribution in [3.63, 3.8) is 0 Å². The number of hydrogen-bond donors (Lipinski definition) is 1. The lowest BCUT2D eigenvalue weighted by atomic mass is 10.0. The van der Waals surface area contributed by atoms with Crippen molar-refractivity contribution in [2.75, 3.05) is 14.2 Å². The zero-order valence-corrected chi connectivity index (χ0v) is 20.0. The van der Waals surface area contributed by atoms with Gasteiger partial charge in [0.2, 0.25) is 11.6 Å². The quantitative estimate of drug-likeness (QED) is 0.335. The highest BCUT2D eigenvalue weighted by molar-refractivity contribution is 5.79. The molecule has 0 aliphatic carbocycles. The first-order valence-corrected chi connectivity index (χ1v) is 11.5. The summed E-state index contributed by atoms with van der Waals surface area (Å²) in [5, 5.41) is 19.0. The maximum atomic E-state index is 5.66. The minimum Gasteiger partial charge on any atom is -0.347 e. The Bertz CT molecular complexity index is 1180. The van der Waals surface area contributed by atoms with Gasteiger partial charge < -0.3 is 9.47 Å². The van der Waals surface area contributed by atoms with Crippen molar-refractivity contribution in [3.8, 4) is 22.5 Å². The molecule has 0 amide bonds. The van der Waals surface area contributed by atoms with Crippen LogP contribution in [0, 0.1) is 0 Å². The molecule has 0 atom stereocenters. The van der Waals surface area contributed by atoms with E-state index in [1.807, 2.05) is 48.1 Å². The molecule has 0 aliphatic rings. The molecule has 10 nitrogen and oxygen atoms in total. The summed E-state index contributed by atoms with van der Waals surface area (Å²) in [6, 6.07) is 12.0. The van der Waals surface area contributed by atoms with Crippen LogP contribution in [0.5, 0.6) is 0 Å². The average molecular weight is 463 g/mol. The molecule has 0 unspecified atom stereocenters. The zero-order chi connectivity index (χ0) is 24.0. The van der Waals surface area contributed by atoms with Crippen LogP contribution in [0.25, 0.3) is 22.5 Å². The predicted octanol–water partition coefficient (Wildman–Crippen LogP) is 3.77. The van der Waals surface area contributed by atoms with Crippen molar-refractivity contribution in [2.24, 2.45) is 0 Å². The van der Waals surface area contributed by atoms with Gasteiger partial charge in [0.1, 0.15) is 5.82 Å². The fourth-order valence-corrected chi connectivity index (χ4v) is 3.94. The summed E-state index contributed by atoms with van der Waals surface area (Å²) in [6.07, 6.45) is 5.39. The van der Waals surface area contributed by atoms with Crippen LogP contribution >= 0.6 is 0 Å². The lowest BCUT2D eigenvalue weighted by Crippen LogP contribution is -2.31. The van der Waals surface area contributed by atoms with Crippen LogP contribution in [-0.2, 0) is 28.2 Å². The third-order valence-corrected chi connectivity index (χ3v) is 5.94. The molecule has 0 radical (unpaired) electrons. The molecular formula is C24H30N8O2. The van der Waals surface area contributed by atoms with E-state index >= 15 is 0 Å². The molecule has 0 aliphatic heterocycles. The van der Waals surface area contributed by atoms with E-state index in [4.69, 9.17) is 24.5 Å². The number of tetrazole rings is 1. The molecule has 3 aromatic heterocycles. The molecule has 3 heterocycles. The van der Waals surface area contributed by atoms with Crippen molar-refractivity contribution in [1.82, 2.24) is 40.4 Å². The second-order valence-electron chi connectivity index (χ2n) is 7.96. The number of ether oxygens (including phenoxy) is 2. The van der Waals surface area contributed by atoms with Crippen LogP contribution in [0.3, 0.4) is 0 Å². The number of nitrogens with one attached hydrogen (secondary N) is 1. The third-order valence-electron chi connectivity index (χ3n) is 5.94. The largest absolute Gasteiger partial charge is 0.347 e. The average Bonchev–Trinajstić information content (AvgIpc) is 3.56. The van der Waals surface area contributed by atoms with E-state index in [0.717, 1.165) is 47.5 Å². The number of benzene rings is 1. The molecule has 4 aromatic rings. The minimum atomic E-state index is -0.956. The summed E-state index contributed by atoms with van der Waals surface area (Å²) in [6.45, 7) is 4.66. The Hall–Kier alpha value is -3.50. The highest BCUT2D eigenvalue weighted by atomic mass is 16.7. The Morgan fingerprint density at radius 2 is 1.82 bits per heavy atom. The van der Waals surface area contributed by atoms with E-state index in [9.17, 15) is 0 Å². The van der Waals surface area contributed by atoms with Gasteiger partial charge in [0, 0.05) is 44.4 Å². The number of methoxy groups -OCH3 is 2. The minimum absolute atomic E-state index is 0.507. The van der Waals surface area contributed by atoms with Gasteiger partial charge >= 0.3 is 0 Å². The Morgan fingerprint density at radius 1 is 1.03 bits per heavy atom. The fraction of sp³-hybridized carbons (Fsp3) is 0.417. The number of nitrogens with zero attached hydrogens (tertiary/aromatic N) is 7. The molecule has 4 rings (SSSR count).